The van der Waals surface area contributed by atoms with Gasteiger partial charge in [-0.05, 0) is 74.0 Å². The van der Waals surface area contributed by atoms with Gasteiger partial charge in [-0.3, -0.25) is 4.79 Å². The average molecular weight is 453 g/mol. The maximum atomic E-state index is 13.3. The number of benzene rings is 3. The first kappa shape index (κ1) is 22.5. The SMILES string of the molecule is COc1ccc(NC(=O)c2cc3c(c(-c4cccc(C(F)(F)F)c4)c2)OC(C)(C)C=C3)cc1. The predicted octanol–water partition coefficient (Wildman–Crippen LogP) is 6.82. The zero-order chi connectivity index (χ0) is 23.8. The first-order chi connectivity index (χ1) is 15.6. The van der Waals surface area contributed by atoms with Crippen molar-refractivity contribution in [3.63, 3.8) is 0 Å². The summed E-state index contributed by atoms with van der Waals surface area (Å²) in [4.78, 5) is 13.0. The Balaban J connectivity index is 1.78. The Morgan fingerprint density at radius 2 is 1.76 bits per heavy atom. The number of anilines is 1. The van der Waals surface area contributed by atoms with E-state index in [0.717, 1.165) is 12.1 Å². The fraction of sp³-hybridized carbons (Fsp3) is 0.192. The molecule has 33 heavy (non-hydrogen) atoms. The van der Waals surface area contributed by atoms with Gasteiger partial charge in [-0.25, -0.2) is 0 Å². The molecule has 0 aromatic heterocycles. The molecule has 3 aromatic rings. The third-order valence-electron chi connectivity index (χ3n) is 5.26. The van der Waals surface area contributed by atoms with Gasteiger partial charge in [0.15, 0.2) is 0 Å². The second-order valence-corrected chi connectivity index (χ2v) is 8.24. The van der Waals surface area contributed by atoms with Crippen molar-refractivity contribution in [2.75, 3.05) is 12.4 Å². The van der Waals surface area contributed by atoms with Gasteiger partial charge in [0.1, 0.15) is 17.1 Å². The summed E-state index contributed by atoms with van der Waals surface area (Å²) in [6, 6.07) is 15.1. The molecule has 0 saturated heterocycles. The van der Waals surface area contributed by atoms with E-state index in [1.54, 1.807) is 49.6 Å². The highest BCUT2D eigenvalue weighted by Gasteiger charge is 2.31. The number of nitrogens with one attached hydrogen (secondary N) is 1. The van der Waals surface area contributed by atoms with Crippen LogP contribution in [0.1, 0.15) is 35.3 Å². The number of fused-ring (bicyclic) bond motifs is 1. The van der Waals surface area contributed by atoms with Crippen LogP contribution >= 0.6 is 0 Å². The fourth-order valence-corrected chi connectivity index (χ4v) is 3.56. The van der Waals surface area contributed by atoms with E-state index in [1.165, 1.54) is 6.07 Å². The summed E-state index contributed by atoms with van der Waals surface area (Å²) in [6.45, 7) is 3.71. The molecule has 1 heterocycles. The first-order valence-corrected chi connectivity index (χ1v) is 10.2. The van der Waals surface area contributed by atoms with Crippen molar-refractivity contribution in [3.8, 4) is 22.6 Å². The summed E-state index contributed by atoms with van der Waals surface area (Å²) in [5.74, 6) is 0.691. The molecule has 0 saturated carbocycles. The minimum Gasteiger partial charge on any atom is -0.497 e. The number of carbonyl (C=O) groups is 1. The van der Waals surface area contributed by atoms with Gasteiger partial charge in [-0.1, -0.05) is 18.2 Å². The maximum absolute atomic E-state index is 13.3. The lowest BCUT2D eigenvalue weighted by molar-refractivity contribution is -0.137. The molecule has 1 aliphatic rings. The number of methoxy groups -OCH3 is 1. The molecule has 0 unspecified atom stereocenters. The minimum absolute atomic E-state index is 0.296. The third kappa shape index (κ3) is 4.87. The number of halogens is 3. The number of hydrogen-bond acceptors (Lipinski definition) is 3. The monoisotopic (exact) mass is 453 g/mol. The summed E-state index contributed by atoms with van der Waals surface area (Å²) in [5.41, 5.74) is 0.784. The first-order valence-electron chi connectivity index (χ1n) is 10.2. The standard InChI is InChI=1S/C26H22F3NO3/c1-25(2)12-11-17-13-18(24(31)30-20-7-9-21(32-3)10-8-20)15-22(23(17)33-25)16-5-4-6-19(14-16)26(27,28)29/h4-15H,1-3H3,(H,30,31). The molecule has 3 aromatic carbocycles. The average Bonchev–Trinajstić information content (AvgIpc) is 2.78. The molecule has 1 aliphatic heterocycles. The molecule has 7 heteroatoms. The van der Waals surface area contributed by atoms with Gasteiger partial charge in [0.25, 0.3) is 5.91 Å². The van der Waals surface area contributed by atoms with Crippen LogP contribution in [0.2, 0.25) is 0 Å². The van der Waals surface area contributed by atoms with Crippen LogP contribution in [0.4, 0.5) is 18.9 Å². The molecule has 0 bridgehead atoms. The van der Waals surface area contributed by atoms with E-state index in [2.05, 4.69) is 5.32 Å². The molecule has 4 nitrogen and oxygen atoms in total. The van der Waals surface area contributed by atoms with Crippen molar-refractivity contribution in [1.82, 2.24) is 0 Å². The number of ether oxygens (including phenoxy) is 2. The van der Waals surface area contributed by atoms with E-state index < -0.39 is 23.2 Å². The fourth-order valence-electron chi connectivity index (χ4n) is 3.56. The topological polar surface area (TPSA) is 47.6 Å². The number of carbonyl (C=O) groups excluding carboxylic acids is 1. The molecule has 1 N–H and O–H groups in total. The predicted molar refractivity (Wildman–Crippen MR) is 122 cm³/mol. The van der Waals surface area contributed by atoms with Gasteiger partial charge < -0.3 is 14.8 Å². The number of alkyl halides is 3. The van der Waals surface area contributed by atoms with Crippen LogP contribution in [0.3, 0.4) is 0 Å². The second kappa shape index (κ2) is 8.31. The van der Waals surface area contributed by atoms with Crippen molar-refractivity contribution < 1.29 is 27.4 Å². The molecule has 0 spiro atoms. The van der Waals surface area contributed by atoms with E-state index in [4.69, 9.17) is 9.47 Å². The van der Waals surface area contributed by atoms with E-state index in [-0.39, 0.29) is 0 Å². The molecule has 1 amide bonds. The Kier molecular flexibility index (Phi) is 5.66. The van der Waals surface area contributed by atoms with Crippen LogP contribution in [0.25, 0.3) is 17.2 Å². The lowest BCUT2D eigenvalue weighted by Gasteiger charge is -2.30. The van der Waals surface area contributed by atoms with Gasteiger partial charge in [0, 0.05) is 22.4 Å². The smallest absolute Gasteiger partial charge is 0.416 e. The number of amides is 1. The second-order valence-electron chi connectivity index (χ2n) is 8.24. The van der Waals surface area contributed by atoms with E-state index in [9.17, 15) is 18.0 Å². The normalized spacial score (nSPS) is 14.2. The molecule has 0 aliphatic carbocycles. The van der Waals surface area contributed by atoms with E-state index in [0.29, 0.717) is 39.4 Å². The number of hydrogen-bond donors (Lipinski definition) is 1. The van der Waals surface area contributed by atoms with Gasteiger partial charge in [0.05, 0.1) is 12.7 Å². The molecule has 4 rings (SSSR count). The number of rotatable bonds is 4. The van der Waals surface area contributed by atoms with Gasteiger partial charge in [-0.15, -0.1) is 0 Å². The molecule has 0 atom stereocenters. The van der Waals surface area contributed by atoms with Crippen molar-refractivity contribution >= 4 is 17.7 Å². The third-order valence-corrected chi connectivity index (χ3v) is 5.26. The lowest BCUT2D eigenvalue weighted by Crippen LogP contribution is -2.28. The van der Waals surface area contributed by atoms with Crippen LogP contribution in [-0.4, -0.2) is 18.6 Å². The van der Waals surface area contributed by atoms with Crippen molar-refractivity contribution in [2.45, 2.75) is 25.6 Å². The van der Waals surface area contributed by atoms with Crippen LogP contribution in [0.5, 0.6) is 11.5 Å². The molecule has 0 radical (unpaired) electrons. The van der Waals surface area contributed by atoms with Crippen LogP contribution in [-0.2, 0) is 6.18 Å². The van der Waals surface area contributed by atoms with Crippen molar-refractivity contribution in [1.29, 1.82) is 0 Å². The Bertz CT molecular complexity index is 1230. The highest BCUT2D eigenvalue weighted by molar-refractivity contribution is 6.06. The Labute approximate surface area is 189 Å². The zero-order valence-corrected chi connectivity index (χ0v) is 18.3. The minimum atomic E-state index is -4.49. The van der Waals surface area contributed by atoms with Crippen LogP contribution in [0.15, 0.2) is 66.7 Å². The summed E-state index contributed by atoms with van der Waals surface area (Å²) in [6.07, 6.45) is -0.823. The molecular weight excluding hydrogens is 431 g/mol. The van der Waals surface area contributed by atoms with Crippen LogP contribution in [0, 0.1) is 0 Å². The van der Waals surface area contributed by atoms with Crippen molar-refractivity contribution in [3.05, 3.63) is 83.4 Å². The van der Waals surface area contributed by atoms with E-state index >= 15 is 0 Å². The Morgan fingerprint density at radius 1 is 1.03 bits per heavy atom. The van der Waals surface area contributed by atoms with Gasteiger partial charge in [-0.2, -0.15) is 13.2 Å². The summed E-state index contributed by atoms with van der Waals surface area (Å²) in [7, 11) is 1.55. The molecule has 0 fully saturated rings. The summed E-state index contributed by atoms with van der Waals surface area (Å²) >= 11 is 0. The largest absolute Gasteiger partial charge is 0.497 e. The van der Waals surface area contributed by atoms with Crippen molar-refractivity contribution in [2.24, 2.45) is 0 Å². The van der Waals surface area contributed by atoms with Gasteiger partial charge in [0.2, 0.25) is 0 Å². The lowest BCUT2D eigenvalue weighted by atomic mass is 9.93. The highest BCUT2D eigenvalue weighted by atomic mass is 19.4. The molecule has 170 valence electrons. The van der Waals surface area contributed by atoms with Crippen LogP contribution < -0.4 is 14.8 Å². The maximum Gasteiger partial charge on any atom is 0.416 e. The Morgan fingerprint density at radius 3 is 2.42 bits per heavy atom. The summed E-state index contributed by atoms with van der Waals surface area (Å²) in [5, 5.41) is 2.81. The summed E-state index contributed by atoms with van der Waals surface area (Å²) < 4.78 is 51.2. The zero-order valence-electron chi connectivity index (χ0n) is 18.3. The highest BCUT2D eigenvalue weighted by Crippen LogP contribution is 2.42. The quantitative estimate of drug-likeness (QED) is 0.472. The Hall–Kier alpha value is -3.74. The molecular formula is C26H22F3NO3. The van der Waals surface area contributed by atoms with Gasteiger partial charge >= 0.3 is 6.18 Å². The van der Waals surface area contributed by atoms with E-state index in [1.807, 2.05) is 26.0 Å².